The summed E-state index contributed by atoms with van der Waals surface area (Å²) in [7, 11) is -3.94. The molecule has 0 aliphatic carbocycles. The summed E-state index contributed by atoms with van der Waals surface area (Å²) >= 11 is 1.17. The van der Waals surface area contributed by atoms with Crippen LogP contribution < -0.4 is 4.90 Å². The number of likely N-dealkylation sites (N-methyl/N-ethyl adjacent to an activating group) is 1. The van der Waals surface area contributed by atoms with Crippen LogP contribution in [0, 0.1) is 36.5 Å². The number of rotatable bonds is 26. The molecule has 15 heteroatoms. The van der Waals surface area contributed by atoms with Crippen LogP contribution in [-0.2, 0) is 35.6 Å². The average molecular weight is 770 g/mol. The maximum Gasteiger partial charge on any atom is 0.265 e. The zero-order chi connectivity index (χ0) is 38.5. The zero-order valence-corrected chi connectivity index (χ0v) is 33.0. The fourth-order valence-corrected chi connectivity index (χ4v) is 7.07. The molecule has 0 radical (unpaired) electrons. The molecule has 1 heterocycles. The summed E-state index contributed by atoms with van der Waals surface area (Å²) in [5.74, 6) is -0.216. The van der Waals surface area contributed by atoms with Gasteiger partial charge in [-0.3, -0.25) is 4.55 Å². The minimum atomic E-state index is -3.94. The first kappa shape index (κ1) is 43.6. The van der Waals surface area contributed by atoms with Crippen molar-refractivity contribution >= 4 is 37.8 Å². The highest BCUT2D eigenvalue weighted by atomic mass is 32.2. The Morgan fingerprint density at radius 2 is 1.45 bits per heavy atom. The Morgan fingerprint density at radius 3 is 2.02 bits per heavy atom. The Hall–Kier alpha value is -3.77. The second-order valence-corrected chi connectivity index (χ2v) is 15.1. The van der Waals surface area contributed by atoms with Crippen molar-refractivity contribution in [2.75, 3.05) is 96.2 Å². The molecule has 0 amide bonds. The van der Waals surface area contributed by atoms with E-state index in [2.05, 4.69) is 59.3 Å². The van der Waals surface area contributed by atoms with Crippen LogP contribution in [0.5, 0.6) is 0 Å². The molecule has 0 spiro atoms. The summed E-state index contributed by atoms with van der Waals surface area (Å²) in [4.78, 5) is 2.72. The molecule has 0 saturated heterocycles. The van der Waals surface area contributed by atoms with E-state index >= 15 is 0 Å². The van der Waals surface area contributed by atoms with E-state index in [1.54, 1.807) is 6.92 Å². The molecule has 0 aliphatic rings. The van der Waals surface area contributed by atoms with Crippen LogP contribution in [0.1, 0.15) is 47.4 Å². The van der Waals surface area contributed by atoms with Gasteiger partial charge >= 0.3 is 0 Å². The molecule has 1 aromatic heterocycles. The quantitative estimate of drug-likeness (QED) is 0.0400. The van der Waals surface area contributed by atoms with Crippen LogP contribution >= 0.6 is 11.3 Å². The molecule has 0 bridgehead atoms. The number of ether oxygens (including phenoxy) is 4. The molecule has 0 unspecified atom stereocenters. The van der Waals surface area contributed by atoms with Crippen LogP contribution in [0.15, 0.2) is 58.8 Å². The molecule has 2 aromatic carbocycles. The van der Waals surface area contributed by atoms with Gasteiger partial charge in [0.15, 0.2) is 5.00 Å². The highest BCUT2D eigenvalue weighted by molar-refractivity contribution is 7.85. The fraction of sp³-hybridized carbons (Fsp3) is 0.526. The smallest absolute Gasteiger partial charge is 0.265 e. The molecule has 1 N–H and O–H groups in total. The maximum atomic E-state index is 11.1. The number of quaternary nitrogens is 1. The third-order valence-electron chi connectivity index (χ3n) is 9.06. The van der Waals surface area contributed by atoms with Crippen molar-refractivity contribution in [3.05, 3.63) is 75.7 Å². The third kappa shape index (κ3) is 15.2. The molecule has 288 valence electrons. The summed E-state index contributed by atoms with van der Waals surface area (Å²) in [6.07, 6.45) is 0.419. The van der Waals surface area contributed by atoms with E-state index in [4.69, 9.17) is 23.5 Å². The van der Waals surface area contributed by atoms with Crippen molar-refractivity contribution < 1.29 is 36.4 Å². The Kier molecular flexibility index (Phi) is 19.0. The second kappa shape index (κ2) is 23.1. The Labute approximate surface area is 318 Å². The van der Waals surface area contributed by atoms with Crippen LogP contribution in [0.3, 0.4) is 0 Å². The SMILES string of the molecule is CC[N+](CC)(CCCS(=O)(=O)O)CCOCCOCCOCCOCCN(Cc1ccccc1)c1ccc(/N=N/c2sc(C#N)c(C)c2C#N)c(C)c1. The zero-order valence-electron chi connectivity index (χ0n) is 31.3. The number of hydrogen-bond acceptors (Lipinski definition) is 12. The predicted molar refractivity (Wildman–Crippen MR) is 207 cm³/mol. The van der Waals surface area contributed by atoms with Crippen LogP contribution in [0.4, 0.5) is 16.4 Å². The second-order valence-electron chi connectivity index (χ2n) is 12.5. The number of nitriles is 2. The van der Waals surface area contributed by atoms with Crippen molar-refractivity contribution in [1.29, 1.82) is 10.5 Å². The van der Waals surface area contributed by atoms with Crippen molar-refractivity contribution in [3.8, 4) is 12.1 Å². The topological polar surface area (TPSA) is 167 Å². The van der Waals surface area contributed by atoms with E-state index in [-0.39, 0.29) is 5.75 Å². The summed E-state index contributed by atoms with van der Waals surface area (Å²) in [5, 5.41) is 28.0. The van der Waals surface area contributed by atoms with Gasteiger partial charge in [-0.15, -0.1) is 21.6 Å². The molecular formula is C38H53N6O7S2+. The summed E-state index contributed by atoms with van der Waals surface area (Å²) < 4.78 is 54.9. The number of anilines is 1. The third-order valence-corrected chi connectivity index (χ3v) is 10.9. The monoisotopic (exact) mass is 769 g/mol. The fourth-order valence-electron chi connectivity index (χ4n) is 5.70. The summed E-state index contributed by atoms with van der Waals surface area (Å²) in [5.41, 5.74) is 4.83. The van der Waals surface area contributed by atoms with Gasteiger partial charge in [0.05, 0.1) is 89.5 Å². The van der Waals surface area contributed by atoms with Crippen LogP contribution in [-0.4, -0.2) is 109 Å². The van der Waals surface area contributed by atoms with Crippen molar-refractivity contribution in [2.24, 2.45) is 10.2 Å². The highest BCUT2D eigenvalue weighted by Gasteiger charge is 2.23. The van der Waals surface area contributed by atoms with Gasteiger partial charge in [-0.2, -0.15) is 18.9 Å². The van der Waals surface area contributed by atoms with E-state index in [0.717, 1.165) is 35.4 Å². The van der Waals surface area contributed by atoms with Gasteiger partial charge in [0.2, 0.25) is 0 Å². The van der Waals surface area contributed by atoms with Gasteiger partial charge in [0.1, 0.15) is 23.6 Å². The molecule has 0 saturated carbocycles. The van der Waals surface area contributed by atoms with Gasteiger partial charge in [-0.05, 0) is 62.6 Å². The van der Waals surface area contributed by atoms with E-state index in [1.807, 2.05) is 37.3 Å². The van der Waals surface area contributed by atoms with Gasteiger partial charge in [-0.25, -0.2) is 0 Å². The van der Waals surface area contributed by atoms with Gasteiger partial charge < -0.3 is 28.3 Å². The lowest BCUT2D eigenvalue weighted by Crippen LogP contribution is -2.50. The molecule has 3 rings (SSSR count). The van der Waals surface area contributed by atoms with Crippen LogP contribution in [0.25, 0.3) is 0 Å². The number of benzene rings is 2. The summed E-state index contributed by atoms with van der Waals surface area (Å²) in [6.45, 7) is 16.3. The first-order valence-electron chi connectivity index (χ1n) is 17.9. The number of azo groups is 1. The highest BCUT2D eigenvalue weighted by Crippen LogP contribution is 2.36. The normalized spacial score (nSPS) is 11.9. The number of nitrogens with zero attached hydrogens (tertiary/aromatic N) is 6. The minimum Gasteiger partial charge on any atom is -0.377 e. The number of hydrogen-bond donors (Lipinski definition) is 1. The molecule has 0 atom stereocenters. The molecule has 0 fully saturated rings. The number of thiophene rings is 1. The molecule has 0 aliphatic heterocycles. The van der Waals surface area contributed by atoms with Crippen molar-refractivity contribution in [1.82, 2.24) is 0 Å². The van der Waals surface area contributed by atoms with Crippen LogP contribution in [0.2, 0.25) is 0 Å². The predicted octanol–water partition coefficient (Wildman–Crippen LogP) is 6.73. The Balaban J connectivity index is 1.37. The van der Waals surface area contributed by atoms with E-state index < -0.39 is 10.1 Å². The van der Waals surface area contributed by atoms with E-state index in [0.29, 0.717) is 106 Å². The molecular weight excluding hydrogens is 717 g/mol. The minimum absolute atomic E-state index is 0.216. The lowest BCUT2D eigenvalue weighted by atomic mass is 10.1. The summed E-state index contributed by atoms with van der Waals surface area (Å²) in [6, 6.07) is 20.5. The first-order valence-corrected chi connectivity index (χ1v) is 20.3. The first-order chi connectivity index (χ1) is 25.5. The lowest BCUT2D eigenvalue weighted by molar-refractivity contribution is -0.925. The largest absolute Gasteiger partial charge is 0.377 e. The molecule has 53 heavy (non-hydrogen) atoms. The lowest BCUT2D eigenvalue weighted by Gasteiger charge is -2.36. The van der Waals surface area contributed by atoms with Gasteiger partial charge in [0.25, 0.3) is 10.1 Å². The molecule has 3 aromatic rings. The Morgan fingerprint density at radius 1 is 0.830 bits per heavy atom. The standard InChI is InChI=1S/C38H52N6O7S2/c1-5-44(6-2,16-10-26-53(45,46)47)17-19-49-21-23-51-25-24-50-22-20-48-18-15-43(30-33-11-8-7-9-12-33)34-13-14-36(31(3)27-34)41-42-38-35(28-39)32(4)37(29-40)52-38/h7-9,11-14,27H,5-6,10,15-26,30H2,1-4H3/p+1/b42-41+. The van der Waals surface area contributed by atoms with Gasteiger partial charge in [0, 0.05) is 25.2 Å². The van der Waals surface area contributed by atoms with E-state index in [1.165, 1.54) is 16.9 Å². The van der Waals surface area contributed by atoms with Crippen molar-refractivity contribution in [2.45, 2.75) is 40.7 Å². The van der Waals surface area contributed by atoms with E-state index in [9.17, 15) is 18.9 Å². The Bertz CT molecular complexity index is 1770. The van der Waals surface area contributed by atoms with Crippen molar-refractivity contribution in [3.63, 3.8) is 0 Å². The number of aryl methyl sites for hydroxylation is 1. The van der Waals surface area contributed by atoms with Gasteiger partial charge in [-0.1, -0.05) is 30.3 Å². The maximum absolute atomic E-state index is 11.1. The average Bonchev–Trinajstić information content (AvgIpc) is 3.46. The molecule has 13 nitrogen and oxygen atoms in total.